The van der Waals surface area contributed by atoms with Crippen LogP contribution in [-0.4, -0.2) is 38.9 Å². The molecular weight excluding hydrogens is 371 g/mol. The molecule has 0 aromatic heterocycles. The number of hydrogen-bond donors (Lipinski definition) is 1. The van der Waals surface area contributed by atoms with E-state index in [-0.39, 0.29) is 35.8 Å². The van der Waals surface area contributed by atoms with Gasteiger partial charge in [0.15, 0.2) is 6.61 Å². The van der Waals surface area contributed by atoms with Crippen molar-refractivity contribution in [3.63, 3.8) is 0 Å². The van der Waals surface area contributed by atoms with Crippen LogP contribution in [0.1, 0.15) is 19.4 Å². The predicted octanol–water partition coefficient (Wildman–Crippen LogP) is 2.55. The fourth-order valence-corrected chi connectivity index (χ4v) is 3.57. The Morgan fingerprint density at radius 2 is 1.78 bits per heavy atom. The number of likely N-dealkylation sites (N-methyl/N-ethyl adjacent to an activating group) is 1. The topological polar surface area (TPSA) is 75.7 Å². The summed E-state index contributed by atoms with van der Waals surface area (Å²) in [5.41, 5.74) is 0.417. The number of sulfonamides is 1. The number of halogens is 1. The first-order valence-corrected chi connectivity index (χ1v) is 9.90. The van der Waals surface area contributed by atoms with E-state index in [1.165, 1.54) is 35.2 Å². The van der Waals surface area contributed by atoms with E-state index in [2.05, 4.69) is 4.72 Å². The second-order valence-electron chi connectivity index (χ2n) is 6.38. The summed E-state index contributed by atoms with van der Waals surface area (Å²) in [6, 6.07) is 11.8. The van der Waals surface area contributed by atoms with Gasteiger partial charge in [0.25, 0.3) is 5.91 Å². The third-order valence-corrected chi connectivity index (χ3v) is 5.35. The quantitative estimate of drug-likeness (QED) is 0.747. The summed E-state index contributed by atoms with van der Waals surface area (Å²) in [5.74, 6) is -0.326. The molecule has 0 atom stereocenters. The molecule has 2 rings (SSSR count). The van der Waals surface area contributed by atoms with E-state index in [0.717, 1.165) is 0 Å². The first-order valence-electron chi connectivity index (χ1n) is 8.41. The van der Waals surface area contributed by atoms with Crippen LogP contribution in [0.5, 0.6) is 5.75 Å². The van der Waals surface area contributed by atoms with E-state index >= 15 is 0 Å². The highest BCUT2D eigenvalue weighted by Gasteiger charge is 2.16. The molecule has 0 fully saturated rings. The van der Waals surface area contributed by atoms with Gasteiger partial charge in [0.05, 0.1) is 4.90 Å². The third-order valence-electron chi connectivity index (χ3n) is 3.68. The van der Waals surface area contributed by atoms with E-state index in [1.54, 1.807) is 39.1 Å². The molecule has 0 aliphatic rings. The predicted molar refractivity (Wildman–Crippen MR) is 100 cm³/mol. The maximum absolute atomic E-state index is 13.7. The van der Waals surface area contributed by atoms with Gasteiger partial charge in [-0.3, -0.25) is 4.79 Å². The van der Waals surface area contributed by atoms with Gasteiger partial charge in [0.2, 0.25) is 10.0 Å². The first kappa shape index (κ1) is 20.9. The summed E-state index contributed by atoms with van der Waals surface area (Å²) < 4.78 is 45.7. The van der Waals surface area contributed by atoms with Gasteiger partial charge in [0.1, 0.15) is 11.6 Å². The van der Waals surface area contributed by atoms with Crippen molar-refractivity contribution in [2.45, 2.75) is 31.3 Å². The van der Waals surface area contributed by atoms with Gasteiger partial charge >= 0.3 is 0 Å². The molecule has 1 N–H and O–H groups in total. The number of amides is 1. The fraction of sp³-hybridized carbons (Fsp3) is 0.316. The maximum Gasteiger partial charge on any atom is 0.260 e. The SMILES string of the molecule is CC(C)NS(=O)(=O)c1ccc(OCC(=O)N(C)Cc2ccccc2F)cc1. The minimum absolute atomic E-state index is 0.117. The molecule has 8 heteroatoms. The molecule has 0 spiro atoms. The molecule has 2 aromatic rings. The van der Waals surface area contributed by atoms with Crippen LogP contribution in [0, 0.1) is 5.82 Å². The van der Waals surface area contributed by atoms with E-state index < -0.39 is 10.0 Å². The van der Waals surface area contributed by atoms with Crippen LogP contribution in [0.4, 0.5) is 4.39 Å². The molecule has 1 amide bonds. The van der Waals surface area contributed by atoms with Gasteiger partial charge in [-0.05, 0) is 44.2 Å². The summed E-state index contributed by atoms with van der Waals surface area (Å²) in [6.45, 7) is 3.37. The Bertz CT molecular complexity index is 883. The number of nitrogens with zero attached hydrogens (tertiary/aromatic N) is 1. The summed E-state index contributed by atoms with van der Waals surface area (Å²) in [4.78, 5) is 13.6. The zero-order valence-corrected chi connectivity index (χ0v) is 16.3. The van der Waals surface area contributed by atoms with Crippen molar-refractivity contribution in [1.82, 2.24) is 9.62 Å². The Balaban J connectivity index is 1.92. The lowest BCUT2D eigenvalue weighted by atomic mass is 10.2. The van der Waals surface area contributed by atoms with Crippen molar-refractivity contribution in [3.8, 4) is 5.75 Å². The van der Waals surface area contributed by atoms with E-state index in [9.17, 15) is 17.6 Å². The summed E-state index contributed by atoms with van der Waals surface area (Å²) in [6.07, 6.45) is 0. The highest BCUT2D eigenvalue weighted by atomic mass is 32.2. The normalized spacial score (nSPS) is 11.4. The van der Waals surface area contributed by atoms with E-state index in [4.69, 9.17) is 4.74 Å². The number of carbonyl (C=O) groups is 1. The van der Waals surface area contributed by atoms with Gasteiger partial charge in [-0.2, -0.15) is 0 Å². The molecule has 0 aliphatic heterocycles. The van der Waals surface area contributed by atoms with Crippen LogP contribution >= 0.6 is 0 Å². The van der Waals surface area contributed by atoms with Crippen LogP contribution in [-0.2, 0) is 21.4 Å². The molecule has 2 aromatic carbocycles. The fourth-order valence-electron chi connectivity index (χ4n) is 2.32. The molecule has 0 bridgehead atoms. The molecule has 0 saturated carbocycles. The van der Waals surface area contributed by atoms with Crippen molar-refractivity contribution in [1.29, 1.82) is 0 Å². The molecule has 146 valence electrons. The zero-order chi connectivity index (χ0) is 20.0. The number of carbonyl (C=O) groups excluding carboxylic acids is 1. The second kappa shape index (κ2) is 8.96. The molecule has 27 heavy (non-hydrogen) atoms. The van der Waals surface area contributed by atoms with Gasteiger partial charge in [0, 0.05) is 25.2 Å². The number of nitrogens with one attached hydrogen (secondary N) is 1. The molecular formula is C19H23FN2O4S. The van der Waals surface area contributed by atoms with Gasteiger partial charge < -0.3 is 9.64 Å². The van der Waals surface area contributed by atoms with Gasteiger partial charge in [-0.1, -0.05) is 18.2 Å². The largest absolute Gasteiger partial charge is 0.484 e. The lowest BCUT2D eigenvalue weighted by Gasteiger charge is -2.18. The van der Waals surface area contributed by atoms with E-state index in [0.29, 0.717) is 11.3 Å². The smallest absolute Gasteiger partial charge is 0.260 e. The minimum Gasteiger partial charge on any atom is -0.484 e. The zero-order valence-electron chi connectivity index (χ0n) is 15.5. The Morgan fingerprint density at radius 3 is 2.37 bits per heavy atom. The van der Waals surface area contributed by atoms with Crippen LogP contribution in [0.15, 0.2) is 53.4 Å². The molecule has 6 nitrogen and oxygen atoms in total. The van der Waals surface area contributed by atoms with Crippen LogP contribution in [0.25, 0.3) is 0 Å². The van der Waals surface area contributed by atoms with Gasteiger partial charge in [-0.25, -0.2) is 17.5 Å². The maximum atomic E-state index is 13.7. The van der Waals surface area contributed by atoms with Crippen molar-refractivity contribution in [3.05, 3.63) is 59.9 Å². The summed E-state index contributed by atoms with van der Waals surface area (Å²) >= 11 is 0. The molecule has 0 heterocycles. The second-order valence-corrected chi connectivity index (χ2v) is 8.09. The van der Waals surface area contributed by atoms with Crippen molar-refractivity contribution in [2.75, 3.05) is 13.7 Å². The number of hydrogen-bond acceptors (Lipinski definition) is 4. The lowest BCUT2D eigenvalue weighted by molar-refractivity contribution is -0.132. The van der Waals surface area contributed by atoms with E-state index in [1.807, 2.05) is 0 Å². The van der Waals surface area contributed by atoms with Crippen molar-refractivity contribution >= 4 is 15.9 Å². The Morgan fingerprint density at radius 1 is 1.15 bits per heavy atom. The molecule has 0 radical (unpaired) electrons. The van der Waals surface area contributed by atoms with Gasteiger partial charge in [-0.15, -0.1) is 0 Å². The van der Waals surface area contributed by atoms with Crippen LogP contribution in [0.3, 0.4) is 0 Å². The first-order chi connectivity index (χ1) is 12.7. The number of rotatable bonds is 8. The van der Waals surface area contributed by atoms with Crippen molar-refractivity contribution in [2.24, 2.45) is 0 Å². The number of benzene rings is 2. The average molecular weight is 394 g/mol. The average Bonchev–Trinajstić information content (AvgIpc) is 2.61. The Kier molecular flexibility index (Phi) is 6.92. The third kappa shape index (κ3) is 6.04. The Hall–Kier alpha value is -2.45. The summed E-state index contributed by atoms with van der Waals surface area (Å²) in [7, 11) is -2.02. The lowest BCUT2D eigenvalue weighted by Crippen LogP contribution is -2.31. The monoisotopic (exact) mass is 394 g/mol. The van der Waals surface area contributed by atoms with Crippen LogP contribution < -0.4 is 9.46 Å². The van der Waals surface area contributed by atoms with Crippen molar-refractivity contribution < 1.29 is 22.3 Å². The molecule has 0 aliphatic carbocycles. The molecule has 0 unspecified atom stereocenters. The molecule has 0 saturated heterocycles. The summed E-state index contributed by atoms with van der Waals surface area (Å²) in [5, 5.41) is 0. The standard InChI is InChI=1S/C19H23FN2O4S/c1-14(2)21-27(24,25)17-10-8-16(9-11-17)26-13-19(23)22(3)12-15-6-4-5-7-18(15)20/h4-11,14,21H,12-13H2,1-3H3. The highest BCUT2D eigenvalue weighted by Crippen LogP contribution is 2.16. The minimum atomic E-state index is -3.58. The highest BCUT2D eigenvalue weighted by molar-refractivity contribution is 7.89. The van der Waals surface area contributed by atoms with Crippen LogP contribution in [0.2, 0.25) is 0 Å². The number of ether oxygens (including phenoxy) is 1. The Labute approximate surface area is 159 Å².